The molecule has 1 aliphatic carbocycles. The molecule has 0 aliphatic heterocycles. The number of anilines is 1. The summed E-state index contributed by atoms with van der Waals surface area (Å²) in [5.74, 6) is 0.178. The van der Waals surface area contributed by atoms with Crippen molar-refractivity contribution in [1.29, 1.82) is 0 Å². The van der Waals surface area contributed by atoms with E-state index in [2.05, 4.69) is 22.1 Å². The van der Waals surface area contributed by atoms with Gasteiger partial charge in [-0.25, -0.2) is 4.39 Å². The predicted octanol–water partition coefficient (Wildman–Crippen LogP) is 5.94. The molecule has 1 amide bonds. The van der Waals surface area contributed by atoms with Gasteiger partial charge in [0.2, 0.25) is 5.91 Å². The number of rotatable bonds is 6. The van der Waals surface area contributed by atoms with Crippen LogP contribution in [-0.4, -0.2) is 30.3 Å². The van der Waals surface area contributed by atoms with Crippen LogP contribution in [0.3, 0.4) is 0 Å². The molecule has 0 radical (unpaired) electrons. The third-order valence-electron chi connectivity index (χ3n) is 5.84. The van der Waals surface area contributed by atoms with Crippen molar-refractivity contribution in [1.82, 2.24) is 10.2 Å². The van der Waals surface area contributed by atoms with Gasteiger partial charge in [0.15, 0.2) is 0 Å². The topological polar surface area (TPSA) is 76.2 Å². The summed E-state index contributed by atoms with van der Waals surface area (Å²) < 4.78 is 24.9. The summed E-state index contributed by atoms with van der Waals surface area (Å²) in [6, 6.07) is 5.83. The second-order valence-electron chi connectivity index (χ2n) is 7.68. The Hall–Kier alpha value is -3.03. The zero-order chi connectivity index (χ0) is 23.7. The van der Waals surface area contributed by atoms with E-state index in [0.29, 0.717) is 51.3 Å². The van der Waals surface area contributed by atoms with Crippen LogP contribution in [0.1, 0.15) is 29.2 Å². The zero-order valence-corrected chi connectivity index (χ0v) is 19.6. The summed E-state index contributed by atoms with van der Waals surface area (Å²) >= 11 is 13.2. The Kier molecular flexibility index (Phi) is 6.63. The van der Waals surface area contributed by atoms with Gasteiger partial charge in [0.05, 0.1) is 35.6 Å². The van der Waals surface area contributed by atoms with Gasteiger partial charge in [-0.15, -0.1) is 0 Å². The van der Waals surface area contributed by atoms with Crippen LogP contribution in [0.5, 0.6) is 11.5 Å². The Morgan fingerprint density at radius 3 is 2.58 bits per heavy atom. The molecule has 4 rings (SSSR count). The average molecular weight is 490 g/mol. The van der Waals surface area contributed by atoms with Gasteiger partial charge in [-0.2, -0.15) is 5.10 Å². The number of methoxy groups -OCH3 is 2. The molecule has 1 aromatic heterocycles. The molecule has 0 unspecified atom stereocenters. The molecule has 2 aromatic carbocycles. The molecule has 0 saturated heterocycles. The molecule has 0 bridgehead atoms. The van der Waals surface area contributed by atoms with Crippen molar-refractivity contribution in [2.75, 3.05) is 19.5 Å². The molecule has 0 saturated carbocycles. The molecule has 0 spiro atoms. The van der Waals surface area contributed by atoms with Crippen LogP contribution in [0.25, 0.3) is 11.3 Å². The number of nitrogens with zero attached hydrogens (tertiary/aromatic N) is 1. The number of ether oxygens (including phenoxy) is 2. The number of hydrogen-bond acceptors (Lipinski definition) is 4. The summed E-state index contributed by atoms with van der Waals surface area (Å²) in [6.07, 6.45) is 3.15. The molecule has 172 valence electrons. The van der Waals surface area contributed by atoms with Gasteiger partial charge in [-0.1, -0.05) is 29.8 Å². The number of nitrogens with one attached hydrogen (secondary N) is 2. The molecule has 1 atom stereocenters. The maximum absolute atomic E-state index is 14.1. The number of aromatic nitrogens is 2. The highest BCUT2D eigenvalue weighted by atomic mass is 35.5. The minimum Gasteiger partial charge on any atom is -0.495 e. The molecule has 33 heavy (non-hydrogen) atoms. The quantitative estimate of drug-likeness (QED) is 0.420. The molecule has 0 fully saturated rings. The SMILES string of the molecule is C=CC(=O)Nc1ccc(F)cc1-c1n[nH]c2c1CC[C@@H](c1c(Cl)c(OC)cc(OC)c1Cl)C2. The third-order valence-corrected chi connectivity index (χ3v) is 6.62. The van der Waals surface area contributed by atoms with Crippen LogP contribution >= 0.6 is 23.2 Å². The highest BCUT2D eigenvalue weighted by Crippen LogP contribution is 2.48. The van der Waals surface area contributed by atoms with E-state index in [-0.39, 0.29) is 11.8 Å². The van der Waals surface area contributed by atoms with Crippen molar-refractivity contribution < 1.29 is 18.7 Å². The molecule has 2 N–H and O–H groups in total. The highest BCUT2D eigenvalue weighted by Gasteiger charge is 2.31. The van der Waals surface area contributed by atoms with E-state index in [4.69, 9.17) is 32.7 Å². The first-order valence-electron chi connectivity index (χ1n) is 10.3. The maximum atomic E-state index is 14.1. The van der Waals surface area contributed by atoms with Gasteiger partial charge >= 0.3 is 0 Å². The molecule has 1 aliphatic rings. The van der Waals surface area contributed by atoms with E-state index in [0.717, 1.165) is 29.3 Å². The largest absolute Gasteiger partial charge is 0.495 e. The minimum absolute atomic E-state index is 0.00208. The number of carbonyl (C=O) groups excluding carboxylic acids is 1. The second-order valence-corrected chi connectivity index (χ2v) is 8.43. The van der Waals surface area contributed by atoms with E-state index in [1.54, 1.807) is 20.3 Å². The van der Waals surface area contributed by atoms with Crippen LogP contribution in [0.15, 0.2) is 36.9 Å². The van der Waals surface area contributed by atoms with Crippen LogP contribution in [-0.2, 0) is 17.6 Å². The van der Waals surface area contributed by atoms with E-state index in [1.165, 1.54) is 18.2 Å². The second kappa shape index (κ2) is 9.45. The zero-order valence-electron chi connectivity index (χ0n) is 18.1. The summed E-state index contributed by atoms with van der Waals surface area (Å²) in [7, 11) is 3.08. The van der Waals surface area contributed by atoms with Gasteiger partial charge in [0.1, 0.15) is 17.3 Å². The van der Waals surface area contributed by atoms with Crippen LogP contribution < -0.4 is 14.8 Å². The fourth-order valence-electron chi connectivity index (χ4n) is 4.24. The van der Waals surface area contributed by atoms with Gasteiger partial charge in [-0.05, 0) is 49.5 Å². The summed E-state index contributed by atoms with van der Waals surface area (Å²) in [5.41, 5.74) is 4.19. The van der Waals surface area contributed by atoms with Crippen molar-refractivity contribution in [3.05, 3.63) is 69.6 Å². The summed E-state index contributed by atoms with van der Waals surface area (Å²) in [5, 5.41) is 11.2. The summed E-state index contributed by atoms with van der Waals surface area (Å²) in [6.45, 7) is 3.47. The van der Waals surface area contributed by atoms with E-state index in [1.807, 2.05) is 0 Å². The van der Waals surface area contributed by atoms with Gasteiger partial charge < -0.3 is 14.8 Å². The van der Waals surface area contributed by atoms with Crippen LogP contribution in [0, 0.1) is 5.82 Å². The van der Waals surface area contributed by atoms with Crippen molar-refractivity contribution in [2.24, 2.45) is 0 Å². The Bertz CT molecular complexity index is 1210. The third kappa shape index (κ3) is 4.30. The highest BCUT2D eigenvalue weighted by molar-refractivity contribution is 6.38. The monoisotopic (exact) mass is 489 g/mol. The molecule has 6 nitrogen and oxygen atoms in total. The van der Waals surface area contributed by atoms with E-state index in [9.17, 15) is 9.18 Å². The molecular weight excluding hydrogens is 468 g/mol. The summed E-state index contributed by atoms with van der Waals surface area (Å²) in [4.78, 5) is 11.8. The normalized spacial score (nSPS) is 15.0. The van der Waals surface area contributed by atoms with E-state index >= 15 is 0 Å². The standard InChI is InChI=1S/C24H22Cl2FN3O3/c1-4-20(31)28-16-8-6-13(27)10-15(16)24-14-7-5-12(9-17(14)29-30-24)21-22(25)18(32-2)11-19(33-3)23(21)26/h4,6,8,10-12H,1,5,7,9H2,2-3H3,(H,28,31)(H,29,30)/t12-/m1/s1. The van der Waals surface area contributed by atoms with E-state index < -0.39 is 5.82 Å². The lowest BCUT2D eigenvalue weighted by atomic mass is 9.81. The number of hydrogen-bond donors (Lipinski definition) is 2. The van der Waals surface area contributed by atoms with Crippen molar-refractivity contribution >= 4 is 34.8 Å². The lowest BCUT2D eigenvalue weighted by molar-refractivity contribution is -0.111. The number of carbonyl (C=O) groups is 1. The Morgan fingerprint density at radius 2 is 1.94 bits per heavy atom. The van der Waals surface area contributed by atoms with Gasteiger partial charge in [0, 0.05) is 28.5 Å². The smallest absolute Gasteiger partial charge is 0.247 e. The Morgan fingerprint density at radius 1 is 1.24 bits per heavy atom. The number of benzene rings is 2. The van der Waals surface area contributed by atoms with Crippen molar-refractivity contribution in [3.8, 4) is 22.8 Å². The predicted molar refractivity (Wildman–Crippen MR) is 127 cm³/mol. The molecular formula is C24H22Cl2FN3O3. The minimum atomic E-state index is -0.422. The number of amides is 1. The fourth-order valence-corrected chi connectivity index (χ4v) is 5.05. The van der Waals surface area contributed by atoms with Crippen molar-refractivity contribution in [3.63, 3.8) is 0 Å². The molecule has 3 aromatic rings. The van der Waals surface area contributed by atoms with Crippen LogP contribution in [0.4, 0.5) is 10.1 Å². The number of aromatic amines is 1. The Balaban J connectivity index is 1.72. The molecule has 1 heterocycles. The Labute approximate surface area is 200 Å². The van der Waals surface area contributed by atoms with Crippen LogP contribution in [0.2, 0.25) is 10.0 Å². The lowest BCUT2D eigenvalue weighted by Gasteiger charge is -2.26. The molecule has 9 heteroatoms. The van der Waals surface area contributed by atoms with Gasteiger partial charge in [0.25, 0.3) is 0 Å². The number of halogens is 3. The fraction of sp³-hybridized carbons (Fsp3) is 0.250. The average Bonchev–Trinajstić information content (AvgIpc) is 3.23. The van der Waals surface area contributed by atoms with Gasteiger partial charge in [-0.3, -0.25) is 9.89 Å². The first-order valence-corrected chi connectivity index (χ1v) is 11.0. The first kappa shape index (κ1) is 23.1. The number of H-pyrrole nitrogens is 1. The first-order chi connectivity index (χ1) is 15.9. The number of fused-ring (bicyclic) bond motifs is 1. The lowest BCUT2D eigenvalue weighted by Crippen LogP contribution is -2.14. The van der Waals surface area contributed by atoms with Crippen molar-refractivity contribution in [2.45, 2.75) is 25.2 Å². The maximum Gasteiger partial charge on any atom is 0.247 e.